The van der Waals surface area contributed by atoms with Crippen LogP contribution in [0.1, 0.15) is 15.9 Å². The van der Waals surface area contributed by atoms with Crippen molar-refractivity contribution >= 4 is 44.8 Å². The molecule has 0 unspecified atom stereocenters. The highest BCUT2D eigenvalue weighted by molar-refractivity contribution is 7.92. The van der Waals surface area contributed by atoms with Crippen LogP contribution in [0.25, 0.3) is 0 Å². The highest BCUT2D eigenvalue weighted by Gasteiger charge is 2.19. The topological polar surface area (TPSA) is 137 Å². The van der Waals surface area contributed by atoms with E-state index in [1.807, 2.05) is 0 Å². The number of nitrogens with two attached hydrogens (primary N) is 1. The standard InChI is InChI=1S/C23H22ClN3O6S/c1-14-6-8-17(12-21(14)34(30,31)27-18-5-3-4-16(24)11-18)26-23(29)15-7-9-19(20(10-15)32-2)33-13-22(25)28/h3-12,27H,13H2,1-2H3,(H2,25,28)(H,26,29). The van der Waals surface area contributed by atoms with Gasteiger partial charge in [0.25, 0.3) is 21.8 Å². The van der Waals surface area contributed by atoms with Crippen molar-refractivity contribution in [1.82, 2.24) is 0 Å². The molecule has 0 fully saturated rings. The molecule has 11 heteroatoms. The van der Waals surface area contributed by atoms with Crippen LogP contribution in [-0.4, -0.2) is 33.9 Å². The first-order valence-corrected chi connectivity index (χ1v) is 11.7. The fourth-order valence-electron chi connectivity index (χ4n) is 3.01. The lowest BCUT2D eigenvalue weighted by Crippen LogP contribution is -2.20. The second-order valence-corrected chi connectivity index (χ2v) is 9.26. The number of carbonyl (C=O) groups excluding carboxylic acids is 2. The fourth-order valence-corrected chi connectivity index (χ4v) is 4.52. The molecule has 3 aromatic rings. The van der Waals surface area contributed by atoms with Crippen molar-refractivity contribution in [3.63, 3.8) is 0 Å². The minimum atomic E-state index is -3.95. The van der Waals surface area contributed by atoms with E-state index in [0.717, 1.165) is 0 Å². The average Bonchev–Trinajstić information content (AvgIpc) is 2.78. The maximum absolute atomic E-state index is 12.9. The Morgan fingerprint density at radius 1 is 1.00 bits per heavy atom. The highest BCUT2D eigenvalue weighted by atomic mass is 35.5. The molecule has 34 heavy (non-hydrogen) atoms. The number of benzene rings is 3. The number of anilines is 2. The number of hydrogen-bond donors (Lipinski definition) is 3. The third-order valence-corrected chi connectivity index (χ3v) is 6.37. The van der Waals surface area contributed by atoms with Crippen LogP contribution < -0.4 is 25.2 Å². The molecule has 3 aromatic carbocycles. The zero-order valence-corrected chi connectivity index (χ0v) is 19.9. The van der Waals surface area contributed by atoms with E-state index in [9.17, 15) is 18.0 Å². The van der Waals surface area contributed by atoms with Gasteiger partial charge in [0.1, 0.15) is 0 Å². The number of hydrogen-bond acceptors (Lipinski definition) is 6. The number of aryl methyl sites for hydroxylation is 1. The van der Waals surface area contributed by atoms with Gasteiger partial charge >= 0.3 is 0 Å². The van der Waals surface area contributed by atoms with Gasteiger partial charge in [-0.3, -0.25) is 14.3 Å². The van der Waals surface area contributed by atoms with E-state index in [0.29, 0.717) is 16.3 Å². The molecule has 3 rings (SSSR count). The van der Waals surface area contributed by atoms with E-state index in [1.54, 1.807) is 37.3 Å². The summed E-state index contributed by atoms with van der Waals surface area (Å²) >= 11 is 5.93. The van der Waals surface area contributed by atoms with Gasteiger partial charge < -0.3 is 20.5 Å². The fraction of sp³-hybridized carbons (Fsp3) is 0.130. The smallest absolute Gasteiger partial charge is 0.262 e. The van der Waals surface area contributed by atoms with Crippen molar-refractivity contribution in [1.29, 1.82) is 0 Å². The lowest BCUT2D eigenvalue weighted by molar-refractivity contribution is -0.119. The monoisotopic (exact) mass is 503 g/mol. The van der Waals surface area contributed by atoms with Crippen molar-refractivity contribution < 1.29 is 27.5 Å². The summed E-state index contributed by atoms with van der Waals surface area (Å²) in [5.74, 6) is -0.686. The van der Waals surface area contributed by atoms with Crippen molar-refractivity contribution in [2.45, 2.75) is 11.8 Å². The van der Waals surface area contributed by atoms with E-state index >= 15 is 0 Å². The number of amides is 2. The van der Waals surface area contributed by atoms with Gasteiger partial charge in [0.2, 0.25) is 0 Å². The predicted molar refractivity (Wildman–Crippen MR) is 129 cm³/mol. The number of nitrogens with one attached hydrogen (secondary N) is 2. The minimum absolute atomic E-state index is 0.00180. The largest absolute Gasteiger partial charge is 0.493 e. The first-order chi connectivity index (χ1) is 16.1. The number of carbonyl (C=O) groups is 2. The molecule has 0 spiro atoms. The summed E-state index contributed by atoms with van der Waals surface area (Å²) in [5, 5.41) is 3.06. The molecule has 4 N–H and O–H groups in total. The summed E-state index contributed by atoms with van der Waals surface area (Å²) < 4.78 is 38.8. The molecule has 0 aliphatic heterocycles. The molecule has 0 saturated heterocycles. The molecule has 0 atom stereocenters. The lowest BCUT2D eigenvalue weighted by atomic mass is 10.1. The van der Waals surface area contributed by atoms with Crippen LogP contribution in [0.4, 0.5) is 11.4 Å². The van der Waals surface area contributed by atoms with E-state index < -0.39 is 21.8 Å². The van der Waals surface area contributed by atoms with Gasteiger partial charge in [-0.25, -0.2) is 8.42 Å². The molecule has 2 amide bonds. The highest BCUT2D eigenvalue weighted by Crippen LogP contribution is 2.29. The van der Waals surface area contributed by atoms with Crippen LogP contribution in [0.15, 0.2) is 65.6 Å². The zero-order chi connectivity index (χ0) is 24.9. The SMILES string of the molecule is COc1cc(C(=O)Nc2ccc(C)c(S(=O)(=O)Nc3cccc(Cl)c3)c2)ccc1OCC(N)=O. The predicted octanol–water partition coefficient (Wildman–Crippen LogP) is 3.57. The normalized spacial score (nSPS) is 10.9. The van der Waals surface area contributed by atoms with Crippen LogP contribution in [-0.2, 0) is 14.8 Å². The molecule has 0 bridgehead atoms. The summed E-state index contributed by atoms with van der Waals surface area (Å²) in [6, 6.07) is 15.2. The molecular formula is C23H22ClN3O6S. The lowest BCUT2D eigenvalue weighted by Gasteiger charge is -2.14. The van der Waals surface area contributed by atoms with Gasteiger partial charge in [-0.15, -0.1) is 0 Å². The van der Waals surface area contributed by atoms with Gasteiger partial charge in [-0.2, -0.15) is 0 Å². The van der Waals surface area contributed by atoms with Gasteiger partial charge in [0.15, 0.2) is 18.1 Å². The van der Waals surface area contributed by atoms with Gasteiger partial charge in [-0.05, 0) is 61.0 Å². The second kappa shape index (κ2) is 10.4. The molecule has 9 nitrogen and oxygen atoms in total. The van der Waals surface area contributed by atoms with Gasteiger partial charge in [-0.1, -0.05) is 23.7 Å². The Hall–Kier alpha value is -3.76. The number of rotatable bonds is 9. The summed E-state index contributed by atoms with van der Waals surface area (Å²) in [7, 11) is -2.56. The van der Waals surface area contributed by atoms with E-state index in [4.69, 9.17) is 26.8 Å². The van der Waals surface area contributed by atoms with Crippen LogP contribution in [0.5, 0.6) is 11.5 Å². The number of ether oxygens (including phenoxy) is 2. The Kier molecular flexibility index (Phi) is 7.64. The van der Waals surface area contributed by atoms with Crippen LogP contribution in [0.3, 0.4) is 0 Å². The number of halogens is 1. The van der Waals surface area contributed by atoms with Crippen molar-refractivity contribution in [3.05, 3.63) is 76.8 Å². The number of methoxy groups -OCH3 is 1. The quantitative estimate of drug-likeness (QED) is 0.408. The van der Waals surface area contributed by atoms with E-state index in [-0.39, 0.29) is 34.3 Å². The first-order valence-electron chi connectivity index (χ1n) is 9.88. The molecule has 0 aliphatic carbocycles. The molecular weight excluding hydrogens is 482 g/mol. The summed E-state index contributed by atoms with van der Waals surface area (Å²) in [6.07, 6.45) is 0. The minimum Gasteiger partial charge on any atom is -0.493 e. The summed E-state index contributed by atoms with van der Waals surface area (Å²) in [4.78, 5) is 23.7. The first kappa shape index (κ1) is 24.9. The molecule has 178 valence electrons. The van der Waals surface area contributed by atoms with E-state index in [2.05, 4.69) is 10.0 Å². The molecule has 0 aliphatic rings. The maximum Gasteiger partial charge on any atom is 0.262 e. The maximum atomic E-state index is 12.9. The molecule has 0 radical (unpaired) electrons. The summed E-state index contributed by atoms with van der Waals surface area (Å²) in [6.45, 7) is 1.31. The third-order valence-electron chi connectivity index (χ3n) is 4.61. The second-order valence-electron chi connectivity index (χ2n) is 7.17. The number of primary amides is 1. The molecule has 0 aromatic heterocycles. The average molecular weight is 504 g/mol. The zero-order valence-electron chi connectivity index (χ0n) is 18.3. The van der Waals surface area contributed by atoms with Gasteiger partial charge in [0.05, 0.1) is 17.7 Å². The van der Waals surface area contributed by atoms with Crippen molar-refractivity contribution in [3.8, 4) is 11.5 Å². The van der Waals surface area contributed by atoms with Crippen molar-refractivity contribution in [2.75, 3.05) is 23.8 Å². The Labute approximate surface area is 201 Å². The van der Waals surface area contributed by atoms with Gasteiger partial charge in [0, 0.05) is 16.3 Å². The number of sulfonamides is 1. The van der Waals surface area contributed by atoms with Crippen molar-refractivity contribution in [2.24, 2.45) is 5.73 Å². The Morgan fingerprint density at radius 2 is 1.76 bits per heavy atom. The van der Waals surface area contributed by atoms with Crippen LogP contribution in [0, 0.1) is 6.92 Å². The Bertz CT molecular complexity index is 1340. The molecule has 0 heterocycles. The summed E-state index contributed by atoms with van der Waals surface area (Å²) in [5.41, 5.74) is 6.38. The van der Waals surface area contributed by atoms with E-state index in [1.165, 1.54) is 37.4 Å². The molecule has 0 saturated carbocycles. The van der Waals surface area contributed by atoms with Crippen LogP contribution in [0.2, 0.25) is 5.02 Å². The Balaban J connectivity index is 1.82. The van der Waals surface area contributed by atoms with Crippen LogP contribution >= 0.6 is 11.6 Å². The third kappa shape index (κ3) is 6.18. The Morgan fingerprint density at radius 3 is 2.44 bits per heavy atom.